The number of rotatable bonds is 4. The van der Waals surface area contributed by atoms with Crippen molar-refractivity contribution in [2.75, 3.05) is 11.9 Å². The van der Waals surface area contributed by atoms with Gasteiger partial charge in [-0.2, -0.15) is 0 Å². The van der Waals surface area contributed by atoms with E-state index in [-0.39, 0.29) is 0 Å². The first-order valence-corrected chi connectivity index (χ1v) is 8.09. The van der Waals surface area contributed by atoms with Crippen molar-refractivity contribution >= 4 is 27.4 Å². The van der Waals surface area contributed by atoms with Crippen LogP contribution in [0.15, 0.2) is 35.7 Å². The lowest BCUT2D eigenvalue weighted by Crippen LogP contribution is -2.29. The normalized spacial score (nSPS) is 11.8. The summed E-state index contributed by atoms with van der Waals surface area (Å²) in [6, 6.07) is 10.2. The number of benzene rings is 1. The highest BCUT2D eigenvalue weighted by molar-refractivity contribution is 7.17. The van der Waals surface area contributed by atoms with Gasteiger partial charge in [0.1, 0.15) is 16.5 Å². The van der Waals surface area contributed by atoms with Gasteiger partial charge in [0.05, 0.1) is 11.0 Å². The maximum absolute atomic E-state index is 9.95. The third kappa shape index (κ3) is 3.10. The Morgan fingerprint density at radius 3 is 2.59 bits per heavy atom. The predicted octanol–water partition coefficient (Wildman–Crippen LogP) is 3.85. The molecule has 2 N–H and O–H groups in total. The Bertz CT molecular complexity index is 791. The first-order chi connectivity index (χ1) is 10.4. The Morgan fingerprint density at radius 1 is 1.18 bits per heavy atom. The van der Waals surface area contributed by atoms with E-state index >= 15 is 0 Å². The van der Waals surface area contributed by atoms with E-state index in [9.17, 15) is 5.11 Å². The Hall–Kier alpha value is -1.98. The van der Waals surface area contributed by atoms with E-state index in [0.717, 1.165) is 33.0 Å². The van der Waals surface area contributed by atoms with Crippen LogP contribution < -0.4 is 5.32 Å². The van der Waals surface area contributed by atoms with Crippen molar-refractivity contribution in [3.63, 3.8) is 0 Å². The number of hydrogen-bond acceptors (Lipinski definition) is 5. The minimum absolute atomic E-state index is 0.433. The van der Waals surface area contributed by atoms with Crippen molar-refractivity contribution in [1.82, 2.24) is 9.97 Å². The number of aryl methyl sites for hydroxylation is 1. The van der Waals surface area contributed by atoms with Gasteiger partial charge in [0.2, 0.25) is 0 Å². The fraction of sp³-hybridized carbons (Fsp3) is 0.294. The summed E-state index contributed by atoms with van der Waals surface area (Å²) in [6.07, 6.45) is 0. The molecule has 0 saturated carbocycles. The maximum Gasteiger partial charge on any atom is 0.139 e. The molecule has 0 aliphatic carbocycles. The van der Waals surface area contributed by atoms with Crippen molar-refractivity contribution < 1.29 is 5.11 Å². The molecule has 0 aliphatic rings. The molecule has 0 unspecified atom stereocenters. The second kappa shape index (κ2) is 5.66. The fourth-order valence-corrected chi connectivity index (χ4v) is 3.30. The molecule has 2 heterocycles. The molecule has 0 saturated heterocycles. The molecule has 3 rings (SSSR count). The second-order valence-corrected chi connectivity index (χ2v) is 6.84. The van der Waals surface area contributed by atoms with Gasteiger partial charge >= 0.3 is 0 Å². The van der Waals surface area contributed by atoms with Crippen molar-refractivity contribution in [3.05, 3.63) is 41.5 Å². The summed E-state index contributed by atoms with van der Waals surface area (Å²) in [6.45, 7) is 5.87. The third-order valence-electron chi connectivity index (χ3n) is 3.32. The summed E-state index contributed by atoms with van der Waals surface area (Å²) < 4.78 is 0. The Labute approximate surface area is 133 Å². The van der Waals surface area contributed by atoms with Crippen LogP contribution in [0.2, 0.25) is 0 Å². The smallest absolute Gasteiger partial charge is 0.139 e. The number of nitrogens with one attached hydrogen (secondary N) is 1. The SMILES string of the molecule is Cc1nc(NCC(C)(C)O)c2c(-c3ccccc3)csc2n1. The van der Waals surface area contributed by atoms with Gasteiger partial charge in [0, 0.05) is 17.5 Å². The molecule has 0 fully saturated rings. The van der Waals surface area contributed by atoms with E-state index in [2.05, 4.69) is 32.8 Å². The number of thiophene rings is 1. The van der Waals surface area contributed by atoms with Crippen molar-refractivity contribution in [2.45, 2.75) is 26.4 Å². The number of anilines is 1. The highest BCUT2D eigenvalue weighted by atomic mass is 32.1. The quantitative estimate of drug-likeness (QED) is 0.768. The second-order valence-electron chi connectivity index (χ2n) is 5.98. The minimum Gasteiger partial charge on any atom is -0.389 e. The molecular formula is C17H19N3OS. The molecule has 0 spiro atoms. The van der Waals surface area contributed by atoms with Gasteiger partial charge < -0.3 is 10.4 Å². The highest BCUT2D eigenvalue weighted by Crippen LogP contribution is 2.36. The number of aromatic nitrogens is 2. The van der Waals surface area contributed by atoms with Gasteiger partial charge in [-0.3, -0.25) is 0 Å². The molecule has 5 heteroatoms. The van der Waals surface area contributed by atoms with Gasteiger partial charge in [-0.25, -0.2) is 9.97 Å². The van der Waals surface area contributed by atoms with Crippen LogP contribution in [-0.4, -0.2) is 27.2 Å². The number of fused-ring (bicyclic) bond motifs is 1. The highest BCUT2D eigenvalue weighted by Gasteiger charge is 2.17. The van der Waals surface area contributed by atoms with Crippen LogP contribution in [0.3, 0.4) is 0 Å². The zero-order chi connectivity index (χ0) is 15.7. The van der Waals surface area contributed by atoms with Crippen LogP contribution in [0.4, 0.5) is 5.82 Å². The maximum atomic E-state index is 9.95. The summed E-state index contributed by atoms with van der Waals surface area (Å²) in [5.74, 6) is 1.51. The van der Waals surface area contributed by atoms with Gasteiger partial charge in [0.15, 0.2) is 0 Å². The fourth-order valence-electron chi connectivity index (χ4n) is 2.31. The zero-order valence-corrected chi connectivity index (χ0v) is 13.7. The van der Waals surface area contributed by atoms with E-state index in [0.29, 0.717) is 6.54 Å². The Kier molecular flexibility index (Phi) is 3.85. The topological polar surface area (TPSA) is 58.0 Å². The molecule has 114 valence electrons. The molecule has 0 amide bonds. The molecule has 3 aromatic rings. The molecule has 1 aromatic carbocycles. The van der Waals surface area contributed by atoms with Crippen LogP contribution in [-0.2, 0) is 0 Å². The molecule has 0 radical (unpaired) electrons. The number of nitrogens with zero attached hydrogens (tertiary/aromatic N) is 2. The van der Waals surface area contributed by atoms with Crippen molar-refractivity contribution in [1.29, 1.82) is 0 Å². The molecule has 0 atom stereocenters. The molecule has 0 bridgehead atoms. The van der Waals surface area contributed by atoms with Crippen LogP contribution in [0, 0.1) is 6.92 Å². The van der Waals surface area contributed by atoms with E-state index in [1.54, 1.807) is 25.2 Å². The summed E-state index contributed by atoms with van der Waals surface area (Å²) in [7, 11) is 0. The first kappa shape index (κ1) is 14.9. The first-order valence-electron chi connectivity index (χ1n) is 7.21. The molecule has 4 nitrogen and oxygen atoms in total. The summed E-state index contributed by atoms with van der Waals surface area (Å²) in [5, 5.41) is 16.4. The summed E-state index contributed by atoms with van der Waals surface area (Å²) in [5.41, 5.74) is 1.47. The van der Waals surface area contributed by atoms with E-state index in [1.165, 1.54) is 0 Å². The Balaban J connectivity index is 2.12. The van der Waals surface area contributed by atoms with Crippen LogP contribution in [0.25, 0.3) is 21.3 Å². The van der Waals surface area contributed by atoms with Gasteiger partial charge in [-0.1, -0.05) is 30.3 Å². The van der Waals surface area contributed by atoms with E-state index in [1.807, 2.05) is 25.1 Å². The lowest BCUT2D eigenvalue weighted by molar-refractivity contribution is 0.0944. The number of hydrogen-bond donors (Lipinski definition) is 2. The zero-order valence-electron chi connectivity index (χ0n) is 12.9. The average Bonchev–Trinajstić information content (AvgIpc) is 2.88. The third-order valence-corrected chi connectivity index (χ3v) is 4.19. The van der Waals surface area contributed by atoms with Gasteiger partial charge in [-0.05, 0) is 26.3 Å². The van der Waals surface area contributed by atoms with Crippen molar-refractivity contribution in [2.24, 2.45) is 0 Å². The van der Waals surface area contributed by atoms with E-state index in [4.69, 9.17) is 0 Å². The molecule has 0 aliphatic heterocycles. The average molecular weight is 313 g/mol. The monoisotopic (exact) mass is 313 g/mol. The Morgan fingerprint density at radius 2 is 1.91 bits per heavy atom. The van der Waals surface area contributed by atoms with E-state index < -0.39 is 5.60 Å². The standard InChI is InChI=1S/C17H19N3OS/c1-11-19-15(18-10-17(2,3)21)14-13(9-22-16(14)20-11)12-7-5-4-6-8-12/h4-9,21H,10H2,1-3H3,(H,18,19,20). The molecule has 2 aromatic heterocycles. The van der Waals surface area contributed by atoms with Crippen LogP contribution in [0.1, 0.15) is 19.7 Å². The van der Waals surface area contributed by atoms with Gasteiger partial charge in [-0.15, -0.1) is 11.3 Å². The largest absolute Gasteiger partial charge is 0.389 e. The molecule has 22 heavy (non-hydrogen) atoms. The summed E-state index contributed by atoms with van der Waals surface area (Å²) in [4.78, 5) is 10.0. The lowest BCUT2D eigenvalue weighted by atomic mass is 10.1. The van der Waals surface area contributed by atoms with Crippen molar-refractivity contribution in [3.8, 4) is 11.1 Å². The lowest BCUT2D eigenvalue weighted by Gasteiger charge is -2.19. The molecular weight excluding hydrogens is 294 g/mol. The number of aliphatic hydroxyl groups is 1. The predicted molar refractivity (Wildman–Crippen MR) is 92.4 cm³/mol. The summed E-state index contributed by atoms with van der Waals surface area (Å²) >= 11 is 1.62. The van der Waals surface area contributed by atoms with Crippen LogP contribution in [0.5, 0.6) is 0 Å². The minimum atomic E-state index is -0.798. The van der Waals surface area contributed by atoms with Gasteiger partial charge in [0.25, 0.3) is 0 Å². The van der Waals surface area contributed by atoms with Crippen LogP contribution >= 0.6 is 11.3 Å².